The standard InChI is InChI=1S/C19H29OP/c20-19(16-10-4-1-5-11-16)21(17-12-6-2-7-13-17)18-14-8-3-9-15-18/h1,4-5,10-11,17-20H,2-3,6-9,12-15H2. The fraction of sp³-hybridized carbons (Fsp3) is 0.684. The van der Waals surface area contributed by atoms with Crippen molar-refractivity contribution in [1.29, 1.82) is 0 Å². The number of hydrogen-bond acceptors (Lipinski definition) is 1. The molecule has 2 saturated carbocycles. The van der Waals surface area contributed by atoms with Crippen LogP contribution in [0.1, 0.15) is 75.6 Å². The van der Waals surface area contributed by atoms with Crippen molar-refractivity contribution in [3.8, 4) is 0 Å². The number of aliphatic hydroxyl groups is 1. The van der Waals surface area contributed by atoms with E-state index in [-0.39, 0.29) is 13.8 Å². The zero-order valence-corrected chi connectivity index (χ0v) is 14.0. The largest absolute Gasteiger partial charge is 0.384 e. The third-order valence-electron chi connectivity index (χ3n) is 5.37. The summed E-state index contributed by atoms with van der Waals surface area (Å²) >= 11 is 0. The molecule has 0 saturated heterocycles. The molecule has 0 aliphatic heterocycles. The molecule has 2 heteroatoms. The lowest BCUT2D eigenvalue weighted by Gasteiger charge is -2.41. The lowest BCUT2D eigenvalue weighted by molar-refractivity contribution is 0.257. The molecule has 1 unspecified atom stereocenters. The summed E-state index contributed by atoms with van der Waals surface area (Å²) in [6.07, 6.45) is 13.8. The van der Waals surface area contributed by atoms with Gasteiger partial charge in [0.05, 0.1) is 5.85 Å². The summed E-state index contributed by atoms with van der Waals surface area (Å²) in [7, 11) is -0.279. The maximum Gasteiger partial charge on any atom is 0.0983 e. The molecule has 0 radical (unpaired) electrons. The maximum absolute atomic E-state index is 11.1. The van der Waals surface area contributed by atoms with Gasteiger partial charge in [-0.1, -0.05) is 76.8 Å². The molecular weight excluding hydrogens is 275 g/mol. The summed E-state index contributed by atoms with van der Waals surface area (Å²) in [6.45, 7) is 0. The molecule has 116 valence electrons. The zero-order chi connectivity index (χ0) is 14.5. The second kappa shape index (κ2) is 7.75. The Balaban J connectivity index is 1.80. The van der Waals surface area contributed by atoms with Gasteiger partial charge in [-0.15, -0.1) is 0 Å². The van der Waals surface area contributed by atoms with Gasteiger partial charge in [0.15, 0.2) is 0 Å². The summed E-state index contributed by atoms with van der Waals surface area (Å²) in [5.74, 6) is -0.188. The first kappa shape index (κ1) is 15.5. The fourth-order valence-corrected chi connectivity index (χ4v) is 8.09. The monoisotopic (exact) mass is 304 g/mol. The minimum Gasteiger partial charge on any atom is -0.384 e. The van der Waals surface area contributed by atoms with Crippen LogP contribution in [0.5, 0.6) is 0 Å². The van der Waals surface area contributed by atoms with E-state index in [1.807, 2.05) is 0 Å². The molecule has 1 atom stereocenters. The molecule has 21 heavy (non-hydrogen) atoms. The van der Waals surface area contributed by atoms with E-state index in [4.69, 9.17) is 0 Å². The molecule has 1 aromatic rings. The van der Waals surface area contributed by atoms with E-state index in [0.717, 1.165) is 11.3 Å². The van der Waals surface area contributed by atoms with Crippen LogP contribution in [-0.4, -0.2) is 16.4 Å². The molecule has 0 bridgehead atoms. The Bertz CT molecular complexity index is 389. The molecule has 0 spiro atoms. The van der Waals surface area contributed by atoms with Crippen LogP contribution in [0, 0.1) is 0 Å². The van der Waals surface area contributed by atoms with E-state index in [0.29, 0.717) is 0 Å². The summed E-state index contributed by atoms with van der Waals surface area (Å²) in [4.78, 5) is 0. The van der Waals surface area contributed by atoms with Gasteiger partial charge in [0.25, 0.3) is 0 Å². The normalized spacial score (nSPS) is 23.3. The van der Waals surface area contributed by atoms with Crippen LogP contribution >= 0.6 is 7.92 Å². The Morgan fingerprint density at radius 1 is 0.762 bits per heavy atom. The Morgan fingerprint density at radius 2 is 1.24 bits per heavy atom. The fourth-order valence-electron chi connectivity index (χ4n) is 4.25. The predicted molar refractivity (Wildman–Crippen MR) is 92.1 cm³/mol. The van der Waals surface area contributed by atoms with E-state index in [1.165, 1.54) is 69.8 Å². The number of rotatable bonds is 4. The first-order valence-electron chi connectivity index (χ1n) is 8.87. The van der Waals surface area contributed by atoms with Crippen molar-refractivity contribution in [2.75, 3.05) is 0 Å². The minimum atomic E-state index is -0.279. The summed E-state index contributed by atoms with van der Waals surface area (Å²) < 4.78 is 0. The molecule has 2 fully saturated rings. The molecule has 0 aromatic heterocycles. The minimum absolute atomic E-state index is 0.188. The molecule has 1 N–H and O–H groups in total. The molecule has 2 aliphatic carbocycles. The number of hydrogen-bond donors (Lipinski definition) is 1. The number of aliphatic hydroxyl groups excluding tert-OH is 1. The SMILES string of the molecule is OC(c1ccccc1)P(C1CCCCC1)C1CCCCC1. The van der Waals surface area contributed by atoms with Gasteiger partial charge in [0, 0.05) is 0 Å². The van der Waals surface area contributed by atoms with Crippen molar-refractivity contribution < 1.29 is 5.11 Å². The van der Waals surface area contributed by atoms with E-state index in [9.17, 15) is 5.11 Å². The Labute approximate surface area is 130 Å². The first-order chi connectivity index (χ1) is 10.4. The second-order valence-corrected chi connectivity index (χ2v) is 9.66. The highest BCUT2D eigenvalue weighted by molar-refractivity contribution is 7.59. The molecule has 2 aliphatic rings. The van der Waals surface area contributed by atoms with Crippen LogP contribution in [-0.2, 0) is 0 Å². The molecule has 1 aromatic carbocycles. The summed E-state index contributed by atoms with van der Waals surface area (Å²) in [5.41, 5.74) is 2.79. The van der Waals surface area contributed by atoms with E-state index in [2.05, 4.69) is 30.3 Å². The highest BCUT2D eigenvalue weighted by Gasteiger charge is 2.36. The van der Waals surface area contributed by atoms with Crippen LogP contribution in [0.3, 0.4) is 0 Å². The molecular formula is C19H29OP. The van der Waals surface area contributed by atoms with E-state index >= 15 is 0 Å². The van der Waals surface area contributed by atoms with Gasteiger partial charge in [-0.25, -0.2) is 0 Å². The summed E-state index contributed by atoms with van der Waals surface area (Å²) in [5, 5.41) is 11.1. The van der Waals surface area contributed by atoms with Gasteiger partial charge in [-0.05, 0) is 42.6 Å². The highest BCUT2D eigenvalue weighted by Crippen LogP contribution is 2.63. The van der Waals surface area contributed by atoms with Crippen molar-refractivity contribution in [3.05, 3.63) is 35.9 Å². The van der Waals surface area contributed by atoms with Crippen molar-refractivity contribution in [1.82, 2.24) is 0 Å². The van der Waals surface area contributed by atoms with Crippen LogP contribution in [0.25, 0.3) is 0 Å². The van der Waals surface area contributed by atoms with Crippen molar-refractivity contribution in [2.45, 2.75) is 81.4 Å². The van der Waals surface area contributed by atoms with Crippen LogP contribution in [0.2, 0.25) is 0 Å². The lowest BCUT2D eigenvalue weighted by atomic mass is 9.99. The van der Waals surface area contributed by atoms with Crippen LogP contribution in [0.4, 0.5) is 0 Å². The smallest absolute Gasteiger partial charge is 0.0983 e. The number of benzene rings is 1. The average molecular weight is 304 g/mol. The second-order valence-electron chi connectivity index (χ2n) is 6.82. The zero-order valence-electron chi connectivity index (χ0n) is 13.1. The van der Waals surface area contributed by atoms with Crippen molar-refractivity contribution >= 4 is 7.92 Å². The highest BCUT2D eigenvalue weighted by atomic mass is 31.1. The van der Waals surface area contributed by atoms with Crippen molar-refractivity contribution in [3.63, 3.8) is 0 Å². The quantitative estimate of drug-likeness (QED) is 0.694. The van der Waals surface area contributed by atoms with E-state index < -0.39 is 0 Å². The topological polar surface area (TPSA) is 20.2 Å². The van der Waals surface area contributed by atoms with Gasteiger partial charge >= 0.3 is 0 Å². The van der Waals surface area contributed by atoms with Crippen LogP contribution in [0.15, 0.2) is 30.3 Å². The summed E-state index contributed by atoms with van der Waals surface area (Å²) in [6, 6.07) is 10.5. The third-order valence-corrected chi connectivity index (χ3v) is 8.96. The Morgan fingerprint density at radius 3 is 1.71 bits per heavy atom. The lowest BCUT2D eigenvalue weighted by Crippen LogP contribution is -2.23. The Kier molecular flexibility index (Phi) is 5.72. The van der Waals surface area contributed by atoms with Gasteiger partial charge in [0.1, 0.15) is 0 Å². The first-order valence-corrected chi connectivity index (χ1v) is 10.4. The predicted octanol–water partition coefficient (Wildman–Crippen LogP) is 5.82. The Hall–Kier alpha value is -0.390. The van der Waals surface area contributed by atoms with E-state index in [1.54, 1.807) is 0 Å². The van der Waals surface area contributed by atoms with Gasteiger partial charge in [-0.2, -0.15) is 0 Å². The van der Waals surface area contributed by atoms with Crippen LogP contribution < -0.4 is 0 Å². The molecule has 0 heterocycles. The third kappa shape index (κ3) is 3.88. The van der Waals surface area contributed by atoms with Gasteiger partial charge in [-0.3, -0.25) is 0 Å². The van der Waals surface area contributed by atoms with Gasteiger partial charge < -0.3 is 5.11 Å². The van der Waals surface area contributed by atoms with Crippen molar-refractivity contribution in [2.24, 2.45) is 0 Å². The molecule has 0 amide bonds. The molecule has 1 nitrogen and oxygen atoms in total. The average Bonchev–Trinajstić information content (AvgIpc) is 2.58. The maximum atomic E-state index is 11.1. The molecule has 3 rings (SSSR count). The van der Waals surface area contributed by atoms with Gasteiger partial charge in [0.2, 0.25) is 0 Å².